The molecule has 1 aliphatic rings. The minimum absolute atomic E-state index is 0.0404. The molecular weight excluding hydrogens is 330 g/mol. The van der Waals surface area contributed by atoms with Crippen molar-refractivity contribution in [2.75, 3.05) is 0 Å². The number of benzene rings is 1. The second-order valence-electron chi connectivity index (χ2n) is 7.77. The zero-order chi connectivity index (χ0) is 18.9. The number of aromatic nitrogens is 1. The Morgan fingerprint density at radius 1 is 1.38 bits per heavy atom. The van der Waals surface area contributed by atoms with E-state index in [9.17, 15) is 9.90 Å². The number of fused-ring (bicyclic) bond motifs is 1. The Morgan fingerprint density at radius 2 is 2.15 bits per heavy atom. The van der Waals surface area contributed by atoms with Crippen molar-refractivity contribution in [2.24, 2.45) is 5.73 Å². The third kappa shape index (κ3) is 4.08. The molecule has 0 fully saturated rings. The zero-order valence-electron chi connectivity index (χ0n) is 15.5. The van der Waals surface area contributed by atoms with Crippen LogP contribution in [0.25, 0.3) is 16.5 Å². The third-order valence-electron chi connectivity index (χ3n) is 4.51. The molecule has 5 N–H and O–H groups in total. The van der Waals surface area contributed by atoms with E-state index in [1.165, 1.54) is 5.57 Å². The van der Waals surface area contributed by atoms with E-state index < -0.39 is 11.8 Å². The van der Waals surface area contributed by atoms with Gasteiger partial charge in [-0.15, -0.1) is 0 Å². The highest BCUT2D eigenvalue weighted by Gasteiger charge is 2.23. The van der Waals surface area contributed by atoms with Crippen LogP contribution in [0.2, 0.25) is 0 Å². The van der Waals surface area contributed by atoms with Gasteiger partial charge in [-0.2, -0.15) is 0 Å². The predicted octanol–water partition coefficient (Wildman–Crippen LogP) is 3.58. The highest BCUT2D eigenvalue weighted by atomic mass is 16.6. The molecule has 0 saturated carbocycles. The van der Waals surface area contributed by atoms with Crippen LogP contribution in [0, 0.1) is 0 Å². The largest absolute Gasteiger partial charge is 0.444 e. The number of hydrogen-bond acceptors (Lipinski definition) is 4. The molecular formula is C20H27N3O3. The maximum Gasteiger partial charge on any atom is 0.407 e. The molecule has 1 aliphatic carbocycles. The molecule has 0 bridgehead atoms. The highest BCUT2D eigenvalue weighted by Crippen LogP contribution is 2.34. The molecule has 6 nitrogen and oxygen atoms in total. The maximum absolute atomic E-state index is 12.1. The van der Waals surface area contributed by atoms with Gasteiger partial charge in [0.2, 0.25) is 0 Å². The molecule has 1 heterocycles. The molecule has 6 heteroatoms. The fraction of sp³-hybridized carbons (Fsp3) is 0.450. The number of amides is 1. The summed E-state index contributed by atoms with van der Waals surface area (Å²) < 4.78 is 5.37. The number of rotatable bonds is 3. The van der Waals surface area contributed by atoms with Crippen molar-refractivity contribution in [3.63, 3.8) is 0 Å². The van der Waals surface area contributed by atoms with Gasteiger partial charge in [0.1, 0.15) is 11.8 Å². The van der Waals surface area contributed by atoms with Crippen molar-refractivity contribution < 1.29 is 14.6 Å². The maximum atomic E-state index is 12.1. The fourth-order valence-corrected chi connectivity index (χ4v) is 3.43. The van der Waals surface area contributed by atoms with Gasteiger partial charge >= 0.3 is 6.09 Å². The Balaban J connectivity index is 1.79. The van der Waals surface area contributed by atoms with Gasteiger partial charge < -0.3 is 25.9 Å². The van der Waals surface area contributed by atoms with Gasteiger partial charge in [0.25, 0.3) is 0 Å². The number of aliphatic hydroxyl groups is 1. The minimum atomic E-state index is -1.02. The molecule has 1 aromatic heterocycles. The first kappa shape index (κ1) is 18.5. The van der Waals surface area contributed by atoms with Crippen molar-refractivity contribution in [3.8, 4) is 0 Å². The average molecular weight is 357 g/mol. The minimum Gasteiger partial charge on any atom is -0.444 e. The molecule has 0 spiro atoms. The number of aliphatic hydroxyl groups excluding tert-OH is 1. The predicted molar refractivity (Wildman–Crippen MR) is 102 cm³/mol. The topological polar surface area (TPSA) is 100 Å². The second kappa shape index (κ2) is 7.13. The highest BCUT2D eigenvalue weighted by molar-refractivity contribution is 5.94. The first-order valence-corrected chi connectivity index (χ1v) is 8.97. The molecule has 140 valence electrons. The van der Waals surface area contributed by atoms with Crippen LogP contribution in [0.15, 0.2) is 30.5 Å². The van der Waals surface area contributed by atoms with Crippen LogP contribution >= 0.6 is 0 Å². The number of nitrogens with two attached hydrogens (primary N) is 1. The van der Waals surface area contributed by atoms with E-state index in [1.807, 2.05) is 45.2 Å². The van der Waals surface area contributed by atoms with Gasteiger partial charge in [0.15, 0.2) is 0 Å². The number of hydrogen-bond donors (Lipinski definition) is 4. The molecule has 0 aliphatic heterocycles. The summed E-state index contributed by atoms with van der Waals surface area (Å²) >= 11 is 0. The lowest BCUT2D eigenvalue weighted by atomic mass is 9.88. The van der Waals surface area contributed by atoms with Gasteiger partial charge in [-0.3, -0.25) is 0 Å². The lowest BCUT2D eigenvalue weighted by Gasteiger charge is -2.27. The van der Waals surface area contributed by atoms with Crippen LogP contribution in [-0.4, -0.2) is 27.8 Å². The van der Waals surface area contributed by atoms with Gasteiger partial charge in [0.05, 0.1) is 5.52 Å². The Morgan fingerprint density at radius 3 is 2.85 bits per heavy atom. The van der Waals surface area contributed by atoms with Gasteiger partial charge in [-0.05, 0) is 57.2 Å². The molecule has 2 atom stereocenters. The zero-order valence-corrected chi connectivity index (χ0v) is 15.5. The number of alkyl carbamates (subject to hydrolysis) is 1. The van der Waals surface area contributed by atoms with E-state index in [0.29, 0.717) is 5.56 Å². The SMILES string of the molecule is CC(C)(C)OC(=O)NC1CCC=C(c2ccc(C(N)O)c3[nH]ccc23)C1. The molecule has 3 rings (SSSR count). The summed E-state index contributed by atoms with van der Waals surface area (Å²) in [5.74, 6) is 0. The smallest absolute Gasteiger partial charge is 0.407 e. The molecule has 2 unspecified atom stereocenters. The van der Waals surface area contributed by atoms with Crippen molar-refractivity contribution in [1.29, 1.82) is 0 Å². The van der Waals surface area contributed by atoms with Gasteiger partial charge in [0, 0.05) is 23.2 Å². The van der Waals surface area contributed by atoms with Crippen molar-refractivity contribution in [2.45, 2.75) is 57.9 Å². The lowest BCUT2D eigenvalue weighted by Crippen LogP contribution is -2.39. The fourth-order valence-electron chi connectivity index (χ4n) is 3.43. The van der Waals surface area contributed by atoms with Crippen LogP contribution in [-0.2, 0) is 4.74 Å². The van der Waals surface area contributed by atoms with Gasteiger partial charge in [-0.25, -0.2) is 4.79 Å². The molecule has 0 radical (unpaired) electrons. The first-order valence-electron chi connectivity index (χ1n) is 8.97. The molecule has 1 aromatic carbocycles. The molecule has 2 aromatic rings. The van der Waals surface area contributed by atoms with Crippen molar-refractivity contribution in [3.05, 3.63) is 41.6 Å². The summed E-state index contributed by atoms with van der Waals surface area (Å²) in [6, 6.07) is 5.87. The number of H-pyrrole nitrogens is 1. The van der Waals surface area contributed by atoms with E-state index in [-0.39, 0.29) is 12.1 Å². The Kier molecular flexibility index (Phi) is 5.07. The number of aromatic amines is 1. The standard InChI is InChI=1S/C20H27N3O3/c1-20(2,3)26-19(25)23-13-6-4-5-12(11-13)14-7-8-16(18(21)24)17-15(14)9-10-22-17/h5,7-10,13,18,22,24H,4,6,11,21H2,1-3H3,(H,23,25). The Labute approximate surface area is 153 Å². The summed E-state index contributed by atoms with van der Waals surface area (Å²) in [4.78, 5) is 15.2. The number of carbonyl (C=O) groups is 1. The number of nitrogens with one attached hydrogen (secondary N) is 2. The van der Waals surface area contributed by atoms with Crippen LogP contribution in [0.4, 0.5) is 4.79 Å². The Bertz CT molecular complexity index is 830. The van der Waals surface area contributed by atoms with Crippen LogP contribution in [0.3, 0.4) is 0 Å². The van der Waals surface area contributed by atoms with E-state index in [1.54, 1.807) is 0 Å². The summed E-state index contributed by atoms with van der Waals surface area (Å²) in [6.45, 7) is 5.57. The van der Waals surface area contributed by atoms with E-state index >= 15 is 0 Å². The van der Waals surface area contributed by atoms with Crippen LogP contribution in [0.5, 0.6) is 0 Å². The van der Waals surface area contributed by atoms with E-state index in [4.69, 9.17) is 10.5 Å². The second-order valence-corrected chi connectivity index (χ2v) is 7.77. The van der Waals surface area contributed by atoms with E-state index in [2.05, 4.69) is 16.4 Å². The van der Waals surface area contributed by atoms with E-state index in [0.717, 1.165) is 35.7 Å². The number of allylic oxidation sites excluding steroid dienone is 1. The van der Waals surface area contributed by atoms with Crippen LogP contribution < -0.4 is 11.1 Å². The lowest BCUT2D eigenvalue weighted by molar-refractivity contribution is 0.0502. The quantitative estimate of drug-likeness (QED) is 0.631. The summed E-state index contributed by atoms with van der Waals surface area (Å²) in [5.41, 5.74) is 8.95. The van der Waals surface area contributed by atoms with Crippen LogP contribution in [0.1, 0.15) is 57.4 Å². The number of carbonyl (C=O) groups excluding carboxylic acids is 1. The summed E-state index contributed by atoms with van der Waals surface area (Å²) in [7, 11) is 0. The third-order valence-corrected chi connectivity index (χ3v) is 4.51. The monoisotopic (exact) mass is 357 g/mol. The summed E-state index contributed by atoms with van der Waals surface area (Å²) in [5, 5.41) is 13.8. The Hall–Kier alpha value is -2.31. The molecule has 26 heavy (non-hydrogen) atoms. The first-order chi connectivity index (χ1) is 12.2. The molecule has 1 amide bonds. The van der Waals surface area contributed by atoms with Crippen molar-refractivity contribution >= 4 is 22.6 Å². The average Bonchev–Trinajstić information content (AvgIpc) is 3.01. The summed E-state index contributed by atoms with van der Waals surface area (Å²) in [6.07, 6.45) is 5.18. The normalized spacial score (nSPS) is 19.1. The van der Waals surface area contributed by atoms with Gasteiger partial charge in [-0.1, -0.05) is 18.2 Å². The molecule has 0 saturated heterocycles. The number of ether oxygens (including phenoxy) is 1. The van der Waals surface area contributed by atoms with Crippen molar-refractivity contribution in [1.82, 2.24) is 10.3 Å².